The first kappa shape index (κ1) is 25.0. The van der Waals surface area contributed by atoms with Crippen molar-refractivity contribution >= 4 is 58.0 Å². The molecule has 182 valence electrons. The van der Waals surface area contributed by atoms with Crippen LogP contribution in [0.3, 0.4) is 0 Å². The fourth-order valence-electron chi connectivity index (χ4n) is 3.72. The molecule has 2 amide bonds. The first-order chi connectivity index (χ1) is 16.9. The molecule has 2 N–H and O–H groups in total. The molecule has 0 radical (unpaired) electrons. The first-order valence-electron chi connectivity index (χ1n) is 10.7. The average Bonchev–Trinajstić information content (AvgIpc) is 3.24. The van der Waals surface area contributed by atoms with Crippen molar-refractivity contribution in [3.05, 3.63) is 81.3 Å². The zero-order valence-electron chi connectivity index (χ0n) is 18.7. The largest absolute Gasteiger partial charge is 0.493 e. The fourth-order valence-corrected chi connectivity index (χ4v) is 4.36. The van der Waals surface area contributed by atoms with Crippen LogP contribution in [0.25, 0.3) is 0 Å². The molecule has 1 heterocycles. The number of amides is 2. The summed E-state index contributed by atoms with van der Waals surface area (Å²) in [6.45, 7) is 0.356. The van der Waals surface area contributed by atoms with Crippen molar-refractivity contribution in [2.45, 2.75) is 13.0 Å². The number of nitrogens with one attached hydrogen (secondary N) is 2. The molecule has 3 aromatic rings. The monoisotopic (exact) mass is 533 g/mol. The number of para-hydroxylation sites is 1. The van der Waals surface area contributed by atoms with Crippen molar-refractivity contribution in [3.63, 3.8) is 0 Å². The SMILES string of the molecule is COc1cccc(NNC(=O)[C@@H]2CC(=O)N(c3ccc(Cl)cc3)C2)c1OCc1c(Cl)cccc1Cl. The lowest BCUT2D eigenvalue weighted by Crippen LogP contribution is -2.36. The third kappa shape index (κ3) is 5.75. The highest BCUT2D eigenvalue weighted by molar-refractivity contribution is 6.36. The van der Waals surface area contributed by atoms with Crippen LogP contribution in [0.2, 0.25) is 15.1 Å². The van der Waals surface area contributed by atoms with Crippen molar-refractivity contribution in [2.75, 3.05) is 24.0 Å². The Morgan fingerprint density at radius 3 is 2.40 bits per heavy atom. The maximum absolute atomic E-state index is 12.8. The van der Waals surface area contributed by atoms with Gasteiger partial charge in [0.1, 0.15) is 6.61 Å². The molecule has 1 aliphatic rings. The minimum atomic E-state index is -0.525. The molecule has 4 rings (SSSR count). The van der Waals surface area contributed by atoms with Crippen LogP contribution in [0, 0.1) is 5.92 Å². The maximum atomic E-state index is 12.8. The van der Waals surface area contributed by atoms with E-state index in [1.807, 2.05) is 0 Å². The first-order valence-corrected chi connectivity index (χ1v) is 11.8. The summed E-state index contributed by atoms with van der Waals surface area (Å²) in [5.74, 6) is -0.149. The molecule has 1 saturated heterocycles. The fraction of sp³-hybridized carbons (Fsp3) is 0.200. The third-order valence-electron chi connectivity index (χ3n) is 5.58. The number of hydrogen-bond acceptors (Lipinski definition) is 5. The summed E-state index contributed by atoms with van der Waals surface area (Å²) < 4.78 is 11.4. The Morgan fingerprint density at radius 2 is 1.71 bits per heavy atom. The van der Waals surface area contributed by atoms with E-state index in [1.54, 1.807) is 65.6 Å². The maximum Gasteiger partial charge on any atom is 0.243 e. The van der Waals surface area contributed by atoms with Gasteiger partial charge in [-0.15, -0.1) is 0 Å². The summed E-state index contributed by atoms with van der Waals surface area (Å²) >= 11 is 18.4. The van der Waals surface area contributed by atoms with E-state index in [-0.39, 0.29) is 31.4 Å². The summed E-state index contributed by atoms with van der Waals surface area (Å²) in [6, 6.07) is 17.3. The molecule has 0 bridgehead atoms. The molecule has 35 heavy (non-hydrogen) atoms. The summed E-state index contributed by atoms with van der Waals surface area (Å²) in [4.78, 5) is 26.9. The lowest BCUT2D eigenvalue weighted by Gasteiger charge is -2.19. The number of hydrogen-bond donors (Lipinski definition) is 2. The van der Waals surface area contributed by atoms with Crippen LogP contribution in [0.5, 0.6) is 11.5 Å². The number of nitrogens with zero attached hydrogens (tertiary/aromatic N) is 1. The predicted molar refractivity (Wildman–Crippen MR) is 137 cm³/mol. The zero-order chi connectivity index (χ0) is 24.9. The van der Waals surface area contributed by atoms with E-state index in [1.165, 1.54) is 7.11 Å². The molecule has 0 unspecified atom stereocenters. The minimum absolute atomic E-state index is 0.0919. The molecule has 0 aromatic heterocycles. The number of rotatable bonds is 8. The molecule has 1 aliphatic heterocycles. The number of methoxy groups -OCH3 is 1. The van der Waals surface area contributed by atoms with E-state index in [0.29, 0.717) is 43.5 Å². The highest BCUT2D eigenvalue weighted by atomic mass is 35.5. The van der Waals surface area contributed by atoms with Gasteiger partial charge in [0.25, 0.3) is 0 Å². The van der Waals surface area contributed by atoms with Gasteiger partial charge in [-0.1, -0.05) is 46.9 Å². The summed E-state index contributed by atoms with van der Waals surface area (Å²) in [5.41, 5.74) is 7.37. The molecule has 3 aromatic carbocycles. The zero-order valence-corrected chi connectivity index (χ0v) is 21.0. The van der Waals surface area contributed by atoms with Crippen molar-refractivity contribution < 1.29 is 19.1 Å². The normalized spacial score (nSPS) is 15.1. The third-order valence-corrected chi connectivity index (χ3v) is 6.54. The van der Waals surface area contributed by atoms with E-state index in [9.17, 15) is 9.59 Å². The molecule has 0 spiro atoms. The number of anilines is 2. The van der Waals surface area contributed by atoms with Crippen LogP contribution in [0.4, 0.5) is 11.4 Å². The Bertz CT molecular complexity index is 1220. The van der Waals surface area contributed by atoms with E-state index >= 15 is 0 Å². The van der Waals surface area contributed by atoms with Crippen LogP contribution >= 0.6 is 34.8 Å². The highest BCUT2D eigenvalue weighted by Gasteiger charge is 2.35. The van der Waals surface area contributed by atoms with Gasteiger partial charge in [0.05, 0.1) is 18.7 Å². The van der Waals surface area contributed by atoms with E-state index < -0.39 is 5.92 Å². The standard InChI is InChI=1S/C25H22Cl3N3O4/c1-34-22-7-3-6-21(24(22)35-14-18-19(27)4-2-5-20(18)28)29-30-25(33)15-12-23(32)31(13-15)17-10-8-16(26)9-11-17/h2-11,15,29H,12-14H2,1H3,(H,30,33)/t15-/m1/s1. The van der Waals surface area contributed by atoms with Crippen LogP contribution < -0.4 is 25.2 Å². The smallest absolute Gasteiger partial charge is 0.243 e. The van der Waals surface area contributed by atoms with Gasteiger partial charge in [-0.25, -0.2) is 0 Å². The summed E-state index contributed by atoms with van der Waals surface area (Å²) in [7, 11) is 1.52. The Balaban J connectivity index is 1.43. The Morgan fingerprint density at radius 1 is 1.03 bits per heavy atom. The minimum Gasteiger partial charge on any atom is -0.493 e. The number of benzene rings is 3. The van der Waals surface area contributed by atoms with Gasteiger partial charge in [0.15, 0.2) is 11.5 Å². The van der Waals surface area contributed by atoms with E-state index in [2.05, 4.69) is 10.9 Å². The molecule has 0 aliphatic carbocycles. The van der Waals surface area contributed by atoms with Crippen molar-refractivity contribution in [2.24, 2.45) is 5.92 Å². The molecule has 1 atom stereocenters. The lowest BCUT2D eigenvalue weighted by atomic mass is 10.1. The predicted octanol–water partition coefficient (Wildman–Crippen LogP) is 5.73. The van der Waals surface area contributed by atoms with Crippen molar-refractivity contribution in [3.8, 4) is 11.5 Å². The summed E-state index contributed by atoms with van der Waals surface area (Å²) in [6.07, 6.45) is 0.0998. The number of carbonyl (C=O) groups is 2. The Hall–Kier alpha value is -3.13. The van der Waals surface area contributed by atoms with Crippen LogP contribution in [-0.4, -0.2) is 25.5 Å². The molecular formula is C25H22Cl3N3O4. The van der Waals surface area contributed by atoms with E-state index in [0.717, 1.165) is 0 Å². The number of halogens is 3. The van der Waals surface area contributed by atoms with Gasteiger partial charge in [0, 0.05) is 39.3 Å². The quantitative estimate of drug-likeness (QED) is 0.361. The summed E-state index contributed by atoms with van der Waals surface area (Å²) in [5, 5.41) is 1.53. The Labute approximate surface area is 217 Å². The second kappa shape index (κ2) is 11.1. The number of hydrazine groups is 1. The highest BCUT2D eigenvalue weighted by Crippen LogP contribution is 2.37. The van der Waals surface area contributed by atoms with Gasteiger partial charge < -0.3 is 14.4 Å². The molecule has 1 fully saturated rings. The van der Waals surface area contributed by atoms with Gasteiger partial charge >= 0.3 is 0 Å². The Kier molecular flexibility index (Phi) is 7.90. The molecule has 0 saturated carbocycles. The van der Waals surface area contributed by atoms with Gasteiger partial charge in [-0.05, 0) is 48.5 Å². The number of ether oxygens (including phenoxy) is 2. The van der Waals surface area contributed by atoms with Crippen LogP contribution in [0.15, 0.2) is 60.7 Å². The molecule has 10 heteroatoms. The molecular weight excluding hydrogens is 513 g/mol. The average molecular weight is 535 g/mol. The van der Waals surface area contributed by atoms with Crippen molar-refractivity contribution in [1.29, 1.82) is 0 Å². The second-order valence-corrected chi connectivity index (χ2v) is 9.07. The topological polar surface area (TPSA) is 79.9 Å². The van der Waals surface area contributed by atoms with Gasteiger partial charge in [0.2, 0.25) is 11.8 Å². The number of carbonyl (C=O) groups excluding carboxylic acids is 2. The van der Waals surface area contributed by atoms with Gasteiger partial charge in [-0.3, -0.25) is 20.4 Å². The van der Waals surface area contributed by atoms with E-state index in [4.69, 9.17) is 44.3 Å². The van der Waals surface area contributed by atoms with Crippen LogP contribution in [0.1, 0.15) is 12.0 Å². The van der Waals surface area contributed by atoms with Gasteiger partial charge in [-0.2, -0.15) is 0 Å². The molecule has 7 nitrogen and oxygen atoms in total. The second-order valence-electron chi connectivity index (χ2n) is 7.82. The van der Waals surface area contributed by atoms with Crippen LogP contribution in [-0.2, 0) is 16.2 Å². The van der Waals surface area contributed by atoms with Crippen molar-refractivity contribution in [1.82, 2.24) is 5.43 Å². The lowest BCUT2D eigenvalue weighted by molar-refractivity contribution is -0.125.